The molecule has 1 heterocycles. The Morgan fingerprint density at radius 1 is 1.47 bits per heavy atom. The van der Waals surface area contributed by atoms with Crippen molar-refractivity contribution in [2.75, 3.05) is 0 Å². The maximum absolute atomic E-state index is 13.1. The van der Waals surface area contributed by atoms with Gasteiger partial charge in [-0.15, -0.1) is 0 Å². The highest BCUT2D eigenvalue weighted by molar-refractivity contribution is 7.89. The maximum Gasteiger partial charge on any atom is 0.280 e. The van der Waals surface area contributed by atoms with E-state index in [9.17, 15) is 21.6 Å². The van der Waals surface area contributed by atoms with Gasteiger partial charge in [0.2, 0.25) is 10.0 Å². The summed E-state index contributed by atoms with van der Waals surface area (Å²) >= 11 is 5.22. The van der Waals surface area contributed by atoms with Gasteiger partial charge in [0.05, 0.1) is 0 Å². The minimum absolute atomic E-state index is 0.274. The van der Waals surface area contributed by atoms with Crippen LogP contribution >= 0.6 is 11.6 Å². The Balaban J connectivity index is 3.48. The zero-order chi connectivity index (χ0) is 11.8. The van der Waals surface area contributed by atoms with E-state index in [0.29, 0.717) is 0 Å². The second-order valence-corrected chi connectivity index (χ2v) is 4.35. The van der Waals surface area contributed by atoms with Gasteiger partial charge in [-0.05, 0) is 0 Å². The molecule has 0 spiro atoms. The van der Waals surface area contributed by atoms with Crippen molar-refractivity contribution >= 4 is 21.6 Å². The van der Waals surface area contributed by atoms with E-state index >= 15 is 0 Å². The van der Waals surface area contributed by atoms with Gasteiger partial charge in [-0.2, -0.15) is 0 Å². The lowest BCUT2D eigenvalue weighted by molar-refractivity contribution is 0.145. The van der Waals surface area contributed by atoms with Crippen LogP contribution in [0.4, 0.5) is 13.2 Å². The van der Waals surface area contributed by atoms with Gasteiger partial charge in [-0.1, -0.05) is 11.6 Å². The van der Waals surface area contributed by atoms with E-state index in [1.807, 2.05) is 0 Å². The van der Waals surface area contributed by atoms with Crippen molar-refractivity contribution in [1.82, 2.24) is 4.98 Å². The van der Waals surface area contributed by atoms with Crippen molar-refractivity contribution in [3.63, 3.8) is 0 Å². The predicted molar refractivity (Wildman–Crippen MR) is 45.5 cm³/mol. The van der Waals surface area contributed by atoms with Gasteiger partial charge in [-0.25, -0.2) is 31.7 Å². The molecule has 1 aromatic heterocycles. The Hall–Kier alpha value is -0.860. The van der Waals surface area contributed by atoms with Crippen molar-refractivity contribution in [3.05, 3.63) is 22.7 Å². The summed E-state index contributed by atoms with van der Waals surface area (Å²) < 4.78 is 58.8. The van der Waals surface area contributed by atoms with Crippen LogP contribution in [-0.4, -0.2) is 13.4 Å². The van der Waals surface area contributed by atoms with Crippen LogP contribution in [-0.2, 0) is 10.0 Å². The summed E-state index contributed by atoms with van der Waals surface area (Å²) in [5.74, 6) is -1.45. The van der Waals surface area contributed by atoms with Crippen LogP contribution in [0.3, 0.4) is 0 Å². The molecule has 1 aromatic rings. The number of sulfonamides is 1. The molecule has 0 saturated heterocycles. The number of pyridine rings is 1. The zero-order valence-electron chi connectivity index (χ0n) is 6.92. The van der Waals surface area contributed by atoms with Gasteiger partial charge >= 0.3 is 0 Å². The molecule has 0 radical (unpaired) electrons. The lowest BCUT2D eigenvalue weighted by Gasteiger charge is -2.05. The molecule has 0 aliphatic carbocycles. The molecule has 0 saturated carbocycles. The molecule has 2 N–H and O–H groups in total. The molecule has 1 rings (SSSR count). The molecule has 15 heavy (non-hydrogen) atoms. The highest BCUT2D eigenvalue weighted by atomic mass is 35.5. The normalized spacial score (nSPS) is 12.1. The maximum atomic E-state index is 13.1. The van der Waals surface area contributed by atoms with Gasteiger partial charge < -0.3 is 0 Å². The van der Waals surface area contributed by atoms with Crippen molar-refractivity contribution in [2.45, 2.75) is 11.3 Å². The van der Waals surface area contributed by atoms with E-state index < -0.39 is 38.0 Å². The highest BCUT2D eigenvalue weighted by Crippen LogP contribution is 2.26. The number of nitrogens with two attached hydrogens (primary N) is 1. The Morgan fingerprint density at radius 3 is 2.33 bits per heavy atom. The third-order valence-corrected chi connectivity index (χ3v) is 2.76. The predicted octanol–water partition coefficient (Wildman–Crippen LogP) is 1.46. The summed E-state index contributed by atoms with van der Waals surface area (Å²) in [4.78, 5) is 1.93. The van der Waals surface area contributed by atoms with Gasteiger partial charge in [-0.3, -0.25) is 0 Å². The topological polar surface area (TPSA) is 73.1 Å². The molecular weight excluding hydrogens is 257 g/mol. The number of alkyl halides is 2. The van der Waals surface area contributed by atoms with Crippen LogP contribution < -0.4 is 5.14 Å². The average molecular weight is 261 g/mol. The van der Waals surface area contributed by atoms with E-state index in [1.54, 1.807) is 0 Å². The average Bonchev–Trinajstić information content (AvgIpc) is 1.99. The number of rotatable bonds is 2. The first kappa shape index (κ1) is 12.2. The lowest BCUT2D eigenvalue weighted by Crippen LogP contribution is -2.16. The summed E-state index contributed by atoms with van der Waals surface area (Å²) in [7, 11) is -4.42. The second-order valence-electron chi connectivity index (χ2n) is 2.49. The van der Waals surface area contributed by atoms with Crippen LogP contribution in [0.15, 0.2) is 11.0 Å². The molecule has 0 bridgehead atoms. The lowest BCUT2D eigenvalue weighted by atomic mass is 10.3. The quantitative estimate of drug-likeness (QED) is 0.818. The molecule has 0 fully saturated rings. The molecule has 0 aliphatic rings. The molecule has 4 nitrogen and oxygen atoms in total. The van der Waals surface area contributed by atoms with Crippen molar-refractivity contribution in [1.29, 1.82) is 0 Å². The number of nitrogens with zero attached hydrogens (tertiary/aromatic N) is 1. The first-order valence-corrected chi connectivity index (χ1v) is 5.33. The summed E-state index contributed by atoms with van der Waals surface area (Å²) in [6.45, 7) is 0. The Labute approximate surface area is 87.9 Å². The smallest absolute Gasteiger partial charge is 0.233 e. The fraction of sp³-hybridized carbons (Fsp3) is 0.167. The molecular formula is C6H4ClF3N2O2S. The van der Waals surface area contributed by atoms with E-state index in [-0.39, 0.29) is 6.07 Å². The summed E-state index contributed by atoms with van der Waals surface area (Å²) in [5, 5.41) is 3.70. The highest BCUT2D eigenvalue weighted by Gasteiger charge is 2.23. The largest absolute Gasteiger partial charge is 0.280 e. The molecule has 84 valence electrons. The molecule has 0 unspecified atom stereocenters. The number of aromatic nitrogens is 1. The Bertz CT molecular complexity index is 468. The first-order chi connectivity index (χ1) is 6.73. The SMILES string of the molecule is NS(=O)(=O)c1c(F)cc(C(F)F)nc1Cl. The van der Waals surface area contributed by atoms with E-state index in [0.717, 1.165) is 0 Å². The molecule has 0 atom stereocenters. The van der Waals surface area contributed by atoms with Crippen molar-refractivity contribution in [2.24, 2.45) is 5.14 Å². The van der Waals surface area contributed by atoms with Gasteiger partial charge in [0.15, 0.2) is 10.0 Å². The monoisotopic (exact) mass is 260 g/mol. The van der Waals surface area contributed by atoms with Crippen LogP contribution in [0, 0.1) is 5.82 Å². The number of hydrogen-bond donors (Lipinski definition) is 1. The molecule has 0 amide bonds. The summed E-state index contributed by atoms with van der Waals surface area (Å²) in [5.41, 5.74) is -0.954. The van der Waals surface area contributed by atoms with E-state index in [4.69, 9.17) is 11.6 Å². The van der Waals surface area contributed by atoms with Crippen LogP contribution in [0.2, 0.25) is 5.15 Å². The summed E-state index contributed by atoms with van der Waals surface area (Å²) in [6, 6.07) is 0.274. The van der Waals surface area contributed by atoms with Gasteiger partial charge in [0, 0.05) is 6.07 Å². The number of halogens is 4. The Kier molecular flexibility index (Phi) is 3.22. The third-order valence-electron chi connectivity index (χ3n) is 1.41. The second kappa shape index (κ2) is 3.95. The van der Waals surface area contributed by atoms with Gasteiger partial charge in [0.25, 0.3) is 6.43 Å². The third kappa shape index (κ3) is 2.58. The molecule has 0 aliphatic heterocycles. The first-order valence-electron chi connectivity index (χ1n) is 3.40. The fourth-order valence-electron chi connectivity index (χ4n) is 0.855. The van der Waals surface area contributed by atoms with Crippen LogP contribution in [0.1, 0.15) is 12.1 Å². The minimum Gasteiger partial charge on any atom is -0.233 e. The number of hydrogen-bond acceptors (Lipinski definition) is 3. The van der Waals surface area contributed by atoms with E-state index in [2.05, 4.69) is 10.1 Å². The number of primary sulfonamides is 1. The van der Waals surface area contributed by atoms with Crippen molar-refractivity contribution < 1.29 is 21.6 Å². The fourth-order valence-corrected chi connectivity index (χ4v) is 1.98. The van der Waals surface area contributed by atoms with Crippen LogP contribution in [0.5, 0.6) is 0 Å². The Morgan fingerprint density at radius 2 is 2.00 bits per heavy atom. The van der Waals surface area contributed by atoms with E-state index in [1.165, 1.54) is 0 Å². The van der Waals surface area contributed by atoms with Gasteiger partial charge in [0.1, 0.15) is 11.5 Å². The standard InChI is InChI=1S/C6H4ClF3N2O2S/c7-5-4(15(11,13)14)2(8)1-3(12-5)6(9)10/h1,6H,(H2,11,13,14). The van der Waals surface area contributed by atoms with Crippen molar-refractivity contribution in [3.8, 4) is 0 Å². The van der Waals surface area contributed by atoms with Crippen LogP contribution in [0.25, 0.3) is 0 Å². The zero-order valence-corrected chi connectivity index (χ0v) is 8.49. The minimum atomic E-state index is -4.42. The molecule has 0 aromatic carbocycles. The summed E-state index contributed by atoms with van der Waals surface area (Å²) in [6.07, 6.45) is -3.05. The molecule has 9 heteroatoms.